The molecule has 0 saturated carbocycles. The van der Waals surface area contributed by atoms with Gasteiger partial charge in [0.1, 0.15) is 5.65 Å². The first-order valence-electron chi connectivity index (χ1n) is 4.68. The van der Waals surface area contributed by atoms with Crippen molar-refractivity contribution >= 4 is 16.4 Å². The zero-order chi connectivity index (χ0) is 9.54. The number of hydrogen-bond donors (Lipinski definition) is 0. The lowest BCUT2D eigenvalue weighted by Gasteiger charge is -2.03. The van der Waals surface area contributed by atoms with Crippen molar-refractivity contribution in [2.75, 3.05) is 0 Å². The van der Waals surface area contributed by atoms with E-state index in [9.17, 15) is 0 Å². The molecule has 0 N–H and O–H groups in total. The number of fused-ring (bicyclic) bond motifs is 3. The average molecular weight is 182 g/mol. The highest BCUT2D eigenvalue weighted by Crippen LogP contribution is 2.20. The van der Waals surface area contributed by atoms with Crippen LogP contribution in [0.5, 0.6) is 0 Å². The number of imidazole rings is 1. The molecule has 0 radical (unpaired) electrons. The molecule has 0 bridgehead atoms. The van der Waals surface area contributed by atoms with E-state index in [-0.39, 0.29) is 0 Å². The summed E-state index contributed by atoms with van der Waals surface area (Å²) in [7, 11) is 0. The molecule has 0 unspecified atom stereocenters. The summed E-state index contributed by atoms with van der Waals surface area (Å²) in [6.07, 6.45) is 3.84. The van der Waals surface area contributed by atoms with Crippen LogP contribution in [0.2, 0.25) is 0 Å². The van der Waals surface area contributed by atoms with Crippen LogP contribution in [0.15, 0.2) is 42.7 Å². The second-order valence-corrected chi connectivity index (χ2v) is 3.49. The molecule has 0 amide bonds. The first kappa shape index (κ1) is 7.56. The lowest BCUT2D eigenvalue weighted by atomic mass is 10.1. The van der Waals surface area contributed by atoms with E-state index in [1.165, 1.54) is 16.5 Å². The van der Waals surface area contributed by atoms with E-state index in [1.54, 1.807) is 0 Å². The van der Waals surface area contributed by atoms with Gasteiger partial charge in [0, 0.05) is 23.5 Å². The van der Waals surface area contributed by atoms with Gasteiger partial charge in [-0.1, -0.05) is 24.3 Å². The van der Waals surface area contributed by atoms with Gasteiger partial charge in [0.25, 0.3) is 0 Å². The van der Waals surface area contributed by atoms with E-state index in [2.05, 4.69) is 40.6 Å². The first-order valence-corrected chi connectivity index (χ1v) is 4.68. The van der Waals surface area contributed by atoms with Gasteiger partial charge in [-0.05, 0) is 18.4 Å². The van der Waals surface area contributed by atoms with Crippen molar-refractivity contribution in [2.45, 2.75) is 6.92 Å². The summed E-state index contributed by atoms with van der Waals surface area (Å²) in [5, 5.41) is 2.46. The molecule has 68 valence electrons. The second-order valence-electron chi connectivity index (χ2n) is 3.49. The van der Waals surface area contributed by atoms with Crippen LogP contribution < -0.4 is 0 Å². The van der Waals surface area contributed by atoms with E-state index >= 15 is 0 Å². The van der Waals surface area contributed by atoms with Crippen LogP contribution in [-0.4, -0.2) is 9.38 Å². The van der Waals surface area contributed by atoms with Gasteiger partial charge < -0.3 is 4.40 Å². The molecule has 3 rings (SSSR count). The molecular weight excluding hydrogens is 172 g/mol. The lowest BCUT2D eigenvalue weighted by molar-refractivity contribution is 1.11. The maximum absolute atomic E-state index is 4.37. The van der Waals surface area contributed by atoms with Crippen LogP contribution in [0.4, 0.5) is 0 Å². The molecular formula is C12H10N2. The molecule has 14 heavy (non-hydrogen) atoms. The Hall–Kier alpha value is -1.83. The number of hydrogen-bond acceptors (Lipinski definition) is 1. The van der Waals surface area contributed by atoms with Crippen LogP contribution >= 0.6 is 0 Å². The summed E-state index contributed by atoms with van der Waals surface area (Å²) in [4.78, 5) is 4.37. The van der Waals surface area contributed by atoms with Crippen LogP contribution in [0.25, 0.3) is 16.4 Å². The predicted octanol–water partition coefficient (Wildman–Crippen LogP) is 2.80. The number of rotatable bonds is 0. The third-order valence-electron chi connectivity index (χ3n) is 2.59. The maximum atomic E-state index is 4.37. The molecule has 0 aliphatic carbocycles. The van der Waals surface area contributed by atoms with Gasteiger partial charge >= 0.3 is 0 Å². The number of nitrogens with zero attached hydrogens (tertiary/aromatic N) is 2. The van der Waals surface area contributed by atoms with E-state index in [1.807, 2.05) is 18.5 Å². The number of pyridine rings is 1. The standard InChI is InChI=1S/C12H10N2/c1-9-8-10-4-2-3-5-11(10)12-13-6-7-14(9)12/h2-8H,1H3. The largest absolute Gasteiger partial charge is 0.304 e. The zero-order valence-corrected chi connectivity index (χ0v) is 7.94. The molecule has 0 aliphatic rings. The minimum atomic E-state index is 1.04. The van der Waals surface area contributed by atoms with Crippen molar-refractivity contribution in [3.05, 3.63) is 48.4 Å². The van der Waals surface area contributed by atoms with E-state index in [4.69, 9.17) is 0 Å². The smallest absolute Gasteiger partial charge is 0.144 e. The Morgan fingerprint density at radius 1 is 1.21 bits per heavy atom. The highest BCUT2D eigenvalue weighted by molar-refractivity contribution is 5.94. The van der Waals surface area contributed by atoms with E-state index in [0.29, 0.717) is 0 Å². The second kappa shape index (κ2) is 2.58. The van der Waals surface area contributed by atoms with Gasteiger partial charge in [0.2, 0.25) is 0 Å². The summed E-state index contributed by atoms with van der Waals surface area (Å²) < 4.78 is 2.11. The summed E-state index contributed by atoms with van der Waals surface area (Å²) in [6, 6.07) is 10.5. The van der Waals surface area contributed by atoms with E-state index in [0.717, 1.165) is 5.65 Å². The Balaban J connectivity index is 2.66. The monoisotopic (exact) mass is 182 g/mol. The fraction of sp³-hybridized carbons (Fsp3) is 0.0833. The molecule has 2 aromatic heterocycles. The van der Waals surface area contributed by atoms with Gasteiger partial charge in [-0.2, -0.15) is 0 Å². The maximum Gasteiger partial charge on any atom is 0.144 e. The molecule has 2 nitrogen and oxygen atoms in total. The van der Waals surface area contributed by atoms with Gasteiger partial charge in [-0.25, -0.2) is 4.98 Å². The summed E-state index contributed by atoms with van der Waals surface area (Å²) >= 11 is 0. The van der Waals surface area contributed by atoms with Crippen molar-refractivity contribution < 1.29 is 0 Å². The normalized spacial score (nSPS) is 11.2. The number of aryl methyl sites for hydroxylation is 1. The molecule has 2 heteroatoms. The van der Waals surface area contributed by atoms with Crippen LogP contribution in [-0.2, 0) is 0 Å². The number of benzene rings is 1. The average Bonchev–Trinajstić information content (AvgIpc) is 2.67. The Bertz CT molecular complexity index is 608. The van der Waals surface area contributed by atoms with E-state index < -0.39 is 0 Å². The lowest BCUT2D eigenvalue weighted by Crippen LogP contribution is -1.90. The minimum absolute atomic E-state index is 1.04. The Morgan fingerprint density at radius 3 is 3.00 bits per heavy atom. The summed E-state index contributed by atoms with van der Waals surface area (Å²) in [5.74, 6) is 0. The Morgan fingerprint density at radius 2 is 2.07 bits per heavy atom. The topological polar surface area (TPSA) is 17.3 Å². The predicted molar refractivity (Wildman–Crippen MR) is 57.4 cm³/mol. The molecule has 0 aliphatic heterocycles. The molecule has 2 heterocycles. The fourth-order valence-corrected chi connectivity index (χ4v) is 1.91. The Labute approximate surface area is 81.8 Å². The SMILES string of the molecule is Cc1cc2ccccc2c2nccn12. The molecule has 1 aromatic carbocycles. The van der Waals surface area contributed by atoms with Crippen molar-refractivity contribution in [3.8, 4) is 0 Å². The van der Waals surface area contributed by atoms with Crippen LogP contribution in [0.3, 0.4) is 0 Å². The third kappa shape index (κ3) is 0.880. The molecule has 0 fully saturated rings. The van der Waals surface area contributed by atoms with Crippen LogP contribution in [0.1, 0.15) is 5.69 Å². The first-order chi connectivity index (χ1) is 6.86. The summed E-state index contributed by atoms with van der Waals surface area (Å²) in [6.45, 7) is 2.10. The fourth-order valence-electron chi connectivity index (χ4n) is 1.91. The quantitative estimate of drug-likeness (QED) is 0.522. The Kier molecular flexibility index (Phi) is 1.39. The van der Waals surface area contributed by atoms with Crippen LogP contribution in [0, 0.1) is 6.92 Å². The molecule has 0 saturated heterocycles. The minimum Gasteiger partial charge on any atom is -0.304 e. The van der Waals surface area contributed by atoms with Crippen molar-refractivity contribution in [1.29, 1.82) is 0 Å². The highest BCUT2D eigenvalue weighted by Gasteiger charge is 2.02. The van der Waals surface area contributed by atoms with Gasteiger partial charge in [0.15, 0.2) is 0 Å². The van der Waals surface area contributed by atoms with Crippen molar-refractivity contribution in [3.63, 3.8) is 0 Å². The number of aromatic nitrogens is 2. The zero-order valence-electron chi connectivity index (χ0n) is 7.94. The molecule has 0 atom stereocenters. The van der Waals surface area contributed by atoms with Crippen molar-refractivity contribution in [2.24, 2.45) is 0 Å². The third-order valence-corrected chi connectivity index (χ3v) is 2.59. The van der Waals surface area contributed by atoms with Gasteiger partial charge in [-0.15, -0.1) is 0 Å². The van der Waals surface area contributed by atoms with Gasteiger partial charge in [0.05, 0.1) is 0 Å². The molecule has 3 aromatic rings. The molecule has 0 spiro atoms. The van der Waals surface area contributed by atoms with Gasteiger partial charge in [-0.3, -0.25) is 0 Å². The summed E-state index contributed by atoms with van der Waals surface area (Å²) in [5.41, 5.74) is 2.26. The highest BCUT2D eigenvalue weighted by atomic mass is 15.0. The van der Waals surface area contributed by atoms with Crippen molar-refractivity contribution in [1.82, 2.24) is 9.38 Å².